The molecule has 1 aliphatic heterocycles. The van der Waals surface area contributed by atoms with Crippen LogP contribution in [0.15, 0.2) is 0 Å². The van der Waals surface area contributed by atoms with E-state index in [1.807, 2.05) is 11.8 Å². The average Bonchev–Trinajstić information content (AvgIpc) is 2.53. The summed E-state index contributed by atoms with van der Waals surface area (Å²) in [6.45, 7) is 6.93. The maximum absolute atomic E-state index is 12.0. The molecule has 1 rings (SSSR count). The topological polar surface area (TPSA) is 32.3 Å². The van der Waals surface area contributed by atoms with Crippen LogP contribution in [0.5, 0.6) is 0 Å². The van der Waals surface area contributed by atoms with Gasteiger partial charge in [-0.3, -0.25) is 4.79 Å². The molecule has 0 spiro atoms. The lowest BCUT2D eigenvalue weighted by Crippen LogP contribution is -2.35. The van der Waals surface area contributed by atoms with E-state index in [2.05, 4.69) is 30.3 Å². The molecule has 100 valence electrons. The third-order valence-electron chi connectivity index (χ3n) is 3.25. The van der Waals surface area contributed by atoms with Gasteiger partial charge in [0.15, 0.2) is 0 Å². The molecule has 0 saturated carbocycles. The Morgan fingerprint density at radius 1 is 1.41 bits per heavy atom. The smallest absolute Gasteiger partial charge is 0.223 e. The van der Waals surface area contributed by atoms with Gasteiger partial charge in [-0.1, -0.05) is 13.8 Å². The van der Waals surface area contributed by atoms with Crippen molar-refractivity contribution in [2.75, 3.05) is 25.9 Å². The molecule has 1 aliphatic rings. The van der Waals surface area contributed by atoms with Crippen molar-refractivity contribution in [3.63, 3.8) is 0 Å². The lowest BCUT2D eigenvalue weighted by molar-refractivity contribution is -0.131. The quantitative estimate of drug-likeness (QED) is 0.820. The summed E-state index contributed by atoms with van der Waals surface area (Å²) in [5.41, 5.74) is 0. The van der Waals surface area contributed by atoms with Crippen molar-refractivity contribution < 1.29 is 4.79 Å². The number of carbonyl (C=O) groups excluding carboxylic acids is 1. The normalized spacial score (nSPS) is 21.6. The number of carbonyl (C=O) groups is 1. The second kappa shape index (κ2) is 7.98. The zero-order valence-corrected chi connectivity index (χ0v) is 12.2. The van der Waals surface area contributed by atoms with Crippen LogP contribution < -0.4 is 5.32 Å². The standard InChI is InChI=1S/C13H26N2OS/c1-11(2)14-8-6-13(16)15-9-4-5-12(17-3)7-10-15/h11-12,14H,4-10H2,1-3H3. The van der Waals surface area contributed by atoms with E-state index in [0.717, 1.165) is 37.7 Å². The molecule has 0 aromatic heterocycles. The van der Waals surface area contributed by atoms with Gasteiger partial charge in [0.1, 0.15) is 0 Å². The first-order valence-corrected chi connectivity index (χ1v) is 7.96. The van der Waals surface area contributed by atoms with Crippen LogP contribution in [-0.2, 0) is 4.79 Å². The molecular formula is C13H26N2OS. The Labute approximate surface area is 110 Å². The maximum atomic E-state index is 12.0. The predicted octanol–water partition coefficient (Wildman–Crippen LogP) is 2.12. The third kappa shape index (κ3) is 5.77. The van der Waals surface area contributed by atoms with Crippen LogP contribution in [0.3, 0.4) is 0 Å². The average molecular weight is 258 g/mol. The highest BCUT2D eigenvalue weighted by Crippen LogP contribution is 2.21. The number of rotatable bonds is 5. The van der Waals surface area contributed by atoms with Gasteiger partial charge in [-0.15, -0.1) is 0 Å². The van der Waals surface area contributed by atoms with Gasteiger partial charge in [0.25, 0.3) is 0 Å². The fourth-order valence-electron chi connectivity index (χ4n) is 2.18. The van der Waals surface area contributed by atoms with Crippen molar-refractivity contribution >= 4 is 17.7 Å². The molecule has 17 heavy (non-hydrogen) atoms. The van der Waals surface area contributed by atoms with Gasteiger partial charge in [0.05, 0.1) is 0 Å². The second-order valence-corrected chi connectivity index (χ2v) is 6.17. The fourth-order valence-corrected chi connectivity index (χ4v) is 2.92. The molecule has 0 aromatic carbocycles. The molecule has 3 nitrogen and oxygen atoms in total. The summed E-state index contributed by atoms with van der Waals surface area (Å²) in [4.78, 5) is 14.1. The van der Waals surface area contributed by atoms with Gasteiger partial charge in [-0.25, -0.2) is 0 Å². The molecular weight excluding hydrogens is 232 g/mol. The minimum Gasteiger partial charge on any atom is -0.343 e. The van der Waals surface area contributed by atoms with E-state index in [4.69, 9.17) is 0 Å². The maximum Gasteiger partial charge on any atom is 0.223 e. The van der Waals surface area contributed by atoms with E-state index in [-0.39, 0.29) is 0 Å². The molecule has 1 unspecified atom stereocenters. The Morgan fingerprint density at radius 2 is 2.18 bits per heavy atom. The summed E-state index contributed by atoms with van der Waals surface area (Å²) < 4.78 is 0. The Morgan fingerprint density at radius 3 is 2.82 bits per heavy atom. The van der Waals surface area contributed by atoms with Crippen molar-refractivity contribution in [1.82, 2.24) is 10.2 Å². The number of amides is 1. The van der Waals surface area contributed by atoms with E-state index in [1.54, 1.807) is 0 Å². The SMILES string of the molecule is CSC1CCCN(C(=O)CCNC(C)C)CC1. The van der Waals surface area contributed by atoms with Crippen LogP contribution in [-0.4, -0.2) is 48.0 Å². The van der Waals surface area contributed by atoms with E-state index < -0.39 is 0 Å². The molecule has 1 N–H and O–H groups in total. The Balaban J connectivity index is 2.26. The Hall–Kier alpha value is -0.220. The predicted molar refractivity (Wildman–Crippen MR) is 75.5 cm³/mol. The number of hydrogen-bond donors (Lipinski definition) is 1. The highest BCUT2D eigenvalue weighted by Gasteiger charge is 2.19. The first-order valence-electron chi connectivity index (χ1n) is 6.67. The largest absolute Gasteiger partial charge is 0.343 e. The Bertz CT molecular complexity index is 233. The molecule has 1 fully saturated rings. The van der Waals surface area contributed by atoms with Crippen molar-refractivity contribution in [3.8, 4) is 0 Å². The van der Waals surface area contributed by atoms with E-state index >= 15 is 0 Å². The molecule has 1 saturated heterocycles. The van der Waals surface area contributed by atoms with Crippen LogP contribution in [0.1, 0.15) is 39.5 Å². The fraction of sp³-hybridized carbons (Fsp3) is 0.923. The number of hydrogen-bond acceptors (Lipinski definition) is 3. The molecule has 0 radical (unpaired) electrons. The minimum absolute atomic E-state index is 0.319. The van der Waals surface area contributed by atoms with Crippen molar-refractivity contribution in [3.05, 3.63) is 0 Å². The first kappa shape index (κ1) is 14.8. The lowest BCUT2D eigenvalue weighted by Gasteiger charge is -2.21. The summed E-state index contributed by atoms with van der Waals surface area (Å²) in [6.07, 6.45) is 6.39. The molecule has 1 heterocycles. The van der Waals surface area contributed by atoms with Crippen molar-refractivity contribution in [2.24, 2.45) is 0 Å². The molecule has 0 bridgehead atoms. The molecule has 0 aromatic rings. The van der Waals surface area contributed by atoms with Crippen LogP contribution >= 0.6 is 11.8 Å². The lowest BCUT2D eigenvalue weighted by atomic mass is 10.2. The first-order chi connectivity index (χ1) is 8.13. The molecule has 0 aliphatic carbocycles. The molecule has 1 atom stereocenters. The number of likely N-dealkylation sites (tertiary alicyclic amines) is 1. The zero-order valence-electron chi connectivity index (χ0n) is 11.4. The summed E-state index contributed by atoms with van der Waals surface area (Å²) >= 11 is 1.94. The summed E-state index contributed by atoms with van der Waals surface area (Å²) in [7, 11) is 0. The summed E-state index contributed by atoms with van der Waals surface area (Å²) in [5, 5.41) is 4.05. The minimum atomic E-state index is 0.319. The van der Waals surface area contributed by atoms with Gasteiger partial charge in [-0.05, 0) is 25.5 Å². The molecule has 4 heteroatoms. The van der Waals surface area contributed by atoms with E-state index in [9.17, 15) is 4.79 Å². The van der Waals surface area contributed by atoms with Crippen LogP contribution in [0.25, 0.3) is 0 Å². The number of nitrogens with one attached hydrogen (secondary N) is 1. The highest BCUT2D eigenvalue weighted by molar-refractivity contribution is 7.99. The van der Waals surface area contributed by atoms with Crippen LogP contribution in [0.2, 0.25) is 0 Å². The monoisotopic (exact) mass is 258 g/mol. The van der Waals surface area contributed by atoms with Gasteiger partial charge in [0.2, 0.25) is 5.91 Å². The van der Waals surface area contributed by atoms with E-state index in [0.29, 0.717) is 18.4 Å². The van der Waals surface area contributed by atoms with Gasteiger partial charge >= 0.3 is 0 Å². The van der Waals surface area contributed by atoms with Gasteiger partial charge in [-0.2, -0.15) is 11.8 Å². The number of thioether (sulfide) groups is 1. The van der Waals surface area contributed by atoms with E-state index in [1.165, 1.54) is 6.42 Å². The van der Waals surface area contributed by atoms with Crippen molar-refractivity contribution in [2.45, 2.75) is 50.8 Å². The zero-order chi connectivity index (χ0) is 12.7. The Kier molecular flexibility index (Phi) is 6.97. The third-order valence-corrected chi connectivity index (χ3v) is 4.39. The number of nitrogens with zero attached hydrogens (tertiary/aromatic N) is 1. The highest BCUT2D eigenvalue weighted by atomic mass is 32.2. The van der Waals surface area contributed by atoms with Crippen molar-refractivity contribution in [1.29, 1.82) is 0 Å². The van der Waals surface area contributed by atoms with Gasteiger partial charge < -0.3 is 10.2 Å². The van der Waals surface area contributed by atoms with Crippen LogP contribution in [0, 0.1) is 0 Å². The van der Waals surface area contributed by atoms with Crippen LogP contribution in [0.4, 0.5) is 0 Å². The summed E-state index contributed by atoms with van der Waals surface area (Å²) in [5.74, 6) is 0.319. The van der Waals surface area contributed by atoms with Gasteiger partial charge in [0, 0.05) is 37.3 Å². The molecule has 1 amide bonds. The summed E-state index contributed by atoms with van der Waals surface area (Å²) in [6, 6.07) is 0.466. The second-order valence-electron chi connectivity index (χ2n) is 5.03.